The Morgan fingerprint density at radius 3 is 2.58 bits per heavy atom. The molecule has 0 bridgehead atoms. The number of aromatic nitrogens is 2. The summed E-state index contributed by atoms with van der Waals surface area (Å²) in [7, 11) is 0. The van der Waals surface area contributed by atoms with Crippen LogP contribution < -0.4 is 5.56 Å². The molecule has 1 saturated heterocycles. The molecule has 1 amide bonds. The van der Waals surface area contributed by atoms with Crippen LogP contribution >= 0.6 is 23.1 Å². The minimum absolute atomic E-state index is 0.0462. The maximum absolute atomic E-state index is 13.8. The summed E-state index contributed by atoms with van der Waals surface area (Å²) in [5, 5.41) is 0.747. The number of hydrogen-bond acceptors (Lipinski definition) is 5. The van der Waals surface area contributed by atoms with Crippen molar-refractivity contribution in [1.82, 2.24) is 14.5 Å². The van der Waals surface area contributed by atoms with Gasteiger partial charge in [-0.3, -0.25) is 14.2 Å². The lowest BCUT2D eigenvalue weighted by atomic mass is 9.97. The van der Waals surface area contributed by atoms with Crippen molar-refractivity contribution in [2.45, 2.75) is 82.2 Å². The third-order valence-corrected chi connectivity index (χ3v) is 9.31. The van der Waals surface area contributed by atoms with Crippen LogP contribution in [0.4, 0.5) is 13.2 Å². The summed E-state index contributed by atoms with van der Waals surface area (Å²) < 4.78 is 41.7. The minimum atomic E-state index is -4.54. The highest BCUT2D eigenvalue weighted by atomic mass is 32.2. The molecule has 1 aliphatic heterocycles. The van der Waals surface area contributed by atoms with Crippen LogP contribution in [0.25, 0.3) is 15.9 Å². The predicted molar refractivity (Wildman–Crippen MR) is 137 cm³/mol. The summed E-state index contributed by atoms with van der Waals surface area (Å²) in [4.78, 5) is 35.4. The van der Waals surface area contributed by atoms with E-state index in [4.69, 9.17) is 4.98 Å². The molecule has 3 heterocycles. The van der Waals surface area contributed by atoms with Gasteiger partial charge < -0.3 is 4.90 Å². The highest BCUT2D eigenvalue weighted by molar-refractivity contribution is 7.99. The fourth-order valence-corrected chi connectivity index (χ4v) is 7.63. The molecule has 2 atom stereocenters. The molecule has 1 aromatic carbocycles. The van der Waals surface area contributed by atoms with Crippen molar-refractivity contribution in [2.75, 3.05) is 5.75 Å². The summed E-state index contributed by atoms with van der Waals surface area (Å²) in [5.74, 6) is 0.0200. The van der Waals surface area contributed by atoms with Crippen molar-refractivity contribution < 1.29 is 18.0 Å². The van der Waals surface area contributed by atoms with E-state index in [0.717, 1.165) is 79.3 Å². The molecule has 0 unspecified atom stereocenters. The molecule has 0 N–H and O–H groups in total. The molecule has 0 spiro atoms. The van der Waals surface area contributed by atoms with Crippen molar-refractivity contribution in [3.63, 3.8) is 0 Å². The maximum atomic E-state index is 13.8. The minimum Gasteiger partial charge on any atom is -0.337 e. The zero-order chi connectivity index (χ0) is 25.6. The normalized spacial score (nSPS) is 20.5. The van der Waals surface area contributed by atoms with E-state index >= 15 is 0 Å². The summed E-state index contributed by atoms with van der Waals surface area (Å²) in [6.45, 7) is 4.08. The molecular formula is C26H28F3N3O2S2. The van der Waals surface area contributed by atoms with Gasteiger partial charge in [0.15, 0.2) is 5.16 Å². The van der Waals surface area contributed by atoms with Crippen LogP contribution in [0.5, 0.6) is 0 Å². The zero-order valence-electron chi connectivity index (χ0n) is 20.2. The summed E-state index contributed by atoms with van der Waals surface area (Å²) in [5.41, 5.74) is -0.117. The van der Waals surface area contributed by atoms with Gasteiger partial charge in [0.25, 0.3) is 5.56 Å². The second kappa shape index (κ2) is 9.85. The Morgan fingerprint density at radius 2 is 1.86 bits per heavy atom. The second-order valence-corrected chi connectivity index (χ2v) is 11.7. The van der Waals surface area contributed by atoms with Crippen molar-refractivity contribution in [3.05, 3.63) is 50.6 Å². The Balaban J connectivity index is 1.59. The van der Waals surface area contributed by atoms with Gasteiger partial charge in [-0.1, -0.05) is 17.8 Å². The van der Waals surface area contributed by atoms with Gasteiger partial charge in [0, 0.05) is 17.0 Å². The molecule has 0 saturated carbocycles. The van der Waals surface area contributed by atoms with E-state index in [9.17, 15) is 22.8 Å². The number of rotatable bonds is 4. The number of aryl methyl sites for hydroxylation is 2. The van der Waals surface area contributed by atoms with Gasteiger partial charge >= 0.3 is 6.18 Å². The smallest absolute Gasteiger partial charge is 0.337 e. The molecule has 5 nitrogen and oxygen atoms in total. The number of thiophene rings is 1. The summed E-state index contributed by atoms with van der Waals surface area (Å²) in [6.07, 6.45) is 2.10. The second-order valence-electron chi connectivity index (χ2n) is 9.69. The number of fused-ring (bicyclic) bond motifs is 3. The average molecular weight is 536 g/mol. The fraction of sp³-hybridized carbons (Fsp3) is 0.500. The van der Waals surface area contributed by atoms with Crippen LogP contribution in [0, 0.1) is 0 Å². The summed E-state index contributed by atoms with van der Waals surface area (Å²) >= 11 is 2.61. The molecule has 10 heteroatoms. The molecule has 5 rings (SSSR count). The number of amides is 1. The Labute approximate surface area is 215 Å². The number of carbonyl (C=O) groups excluding carboxylic acids is 1. The molecule has 1 fully saturated rings. The van der Waals surface area contributed by atoms with E-state index < -0.39 is 11.7 Å². The van der Waals surface area contributed by atoms with Crippen LogP contribution in [-0.4, -0.2) is 38.2 Å². The van der Waals surface area contributed by atoms with E-state index in [2.05, 4.69) is 0 Å². The first-order chi connectivity index (χ1) is 17.1. The number of thioether (sulfide) groups is 1. The van der Waals surface area contributed by atoms with Gasteiger partial charge in [-0.15, -0.1) is 11.3 Å². The van der Waals surface area contributed by atoms with E-state index in [1.54, 1.807) is 0 Å². The standard InChI is InChI=1S/C26H28F3N3O2S2/c1-15-7-5-8-16(2)31(15)21(33)14-35-25-30-23-22(19-11-3-4-12-20(19)36-23)24(34)32(25)18-10-6-9-17(13-18)26(27,28)29/h6,9-10,13,15-16H,3-5,7-8,11-12,14H2,1-2H3/t15-,16+. The van der Waals surface area contributed by atoms with Gasteiger partial charge in [0.2, 0.25) is 5.91 Å². The molecule has 3 aromatic rings. The van der Waals surface area contributed by atoms with Crippen molar-refractivity contribution in [2.24, 2.45) is 0 Å². The van der Waals surface area contributed by atoms with E-state index in [0.29, 0.717) is 10.2 Å². The van der Waals surface area contributed by atoms with Crippen LogP contribution in [0.2, 0.25) is 0 Å². The predicted octanol–water partition coefficient (Wildman–Crippen LogP) is 6.23. The lowest BCUT2D eigenvalue weighted by molar-refractivity contribution is -0.137. The zero-order valence-corrected chi connectivity index (χ0v) is 21.9. The molecule has 1 aliphatic carbocycles. The Hall–Kier alpha value is -2.33. The molecule has 192 valence electrons. The van der Waals surface area contributed by atoms with Gasteiger partial charge in [0.05, 0.1) is 22.4 Å². The molecular weight excluding hydrogens is 507 g/mol. The molecule has 0 radical (unpaired) electrons. The topological polar surface area (TPSA) is 55.2 Å². The number of alkyl halides is 3. The maximum Gasteiger partial charge on any atom is 0.416 e. The first-order valence-electron chi connectivity index (χ1n) is 12.3. The molecule has 2 aliphatic rings. The van der Waals surface area contributed by atoms with E-state index in [1.807, 2.05) is 18.7 Å². The third kappa shape index (κ3) is 4.69. The van der Waals surface area contributed by atoms with Gasteiger partial charge in [-0.05, 0) is 82.6 Å². The lowest BCUT2D eigenvalue weighted by Crippen LogP contribution is -2.48. The van der Waals surface area contributed by atoms with Crippen molar-refractivity contribution in [3.8, 4) is 5.69 Å². The first-order valence-corrected chi connectivity index (χ1v) is 14.1. The third-order valence-electron chi connectivity index (χ3n) is 7.20. The molecule has 36 heavy (non-hydrogen) atoms. The Morgan fingerprint density at radius 1 is 1.14 bits per heavy atom. The number of hydrogen-bond donors (Lipinski definition) is 0. The van der Waals surface area contributed by atoms with Crippen LogP contribution in [0.15, 0.2) is 34.2 Å². The van der Waals surface area contributed by atoms with Crippen molar-refractivity contribution in [1.29, 1.82) is 0 Å². The largest absolute Gasteiger partial charge is 0.416 e. The number of benzene rings is 1. The van der Waals surface area contributed by atoms with Gasteiger partial charge in [-0.2, -0.15) is 13.2 Å². The number of likely N-dealkylation sites (tertiary alicyclic amines) is 1. The SMILES string of the molecule is C[C@@H]1CCC[C@H](C)N1C(=O)CSc1nc2sc3c(c2c(=O)n1-c1cccc(C(F)(F)F)c1)CCCC3. The number of carbonyl (C=O) groups is 1. The molecule has 2 aromatic heterocycles. The van der Waals surface area contributed by atoms with Crippen molar-refractivity contribution >= 4 is 39.2 Å². The highest BCUT2D eigenvalue weighted by Gasteiger charge is 2.32. The van der Waals surface area contributed by atoms with Gasteiger partial charge in [-0.25, -0.2) is 4.98 Å². The van der Waals surface area contributed by atoms with E-state index in [1.165, 1.54) is 28.0 Å². The van der Waals surface area contributed by atoms with Gasteiger partial charge in [0.1, 0.15) is 4.83 Å². The Kier molecular flexibility index (Phi) is 6.93. The quantitative estimate of drug-likeness (QED) is 0.294. The lowest BCUT2D eigenvalue weighted by Gasteiger charge is -2.39. The first kappa shape index (κ1) is 25.3. The number of piperidine rings is 1. The fourth-order valence-electron chi connectivity index (χ4n) is 5.45. The Bertz CT molecular complexity index is 1350. The van der Waals surface area contributed by atoms with Crippen LogP contribution in [0.1, 0.15) is 62.0 Å². The number of halogens is 3. The average Bonchev–Trinajstić information content (AvgIpc) is 3.21. The summed E-state index contributed by atoms with van der Waals surface area (Å²) in [6, 6.07) is 5.02. The van der Waals surface area contributed by atoms with Crippen LogP contribution in [0.3, 0.4) is 0 Å². The number of nitrogens with zero attached hydrogens (tertiary/aromatic N) is 3. The van der Waals surface area contributed by atoms with E-state index in [-0.39, 0.29) is 40.1 Å². The highest BCUT2D eigenvalue weighted by Crippen LogP contribution is 2.36. The van der Waals surface area contributed by atoms with Crippen LogP contribution in [-0.2, 0) is 23.8 Å². The monoisotopic (exact) mass is 535 g/mol.